The molecule has 2 fully saturated rings. The lowest BCUT2D eigenvalue weighted by Gasteiger charge is -2.34. The van der Waals surface area contributed by atoms with Crippen LogP contribution in [0.4, 0.5) is 11.6 Å². The number of morpholine rings is 1. The van der Waals surface area contributed by atoms with Gasteiger partial charge in [0.05, 0.1) is 30.9 Å². The van der Waals surface area contributed by atoms with Gasteiger partial charge < -0.3 is 24.8 Å². The molecule has 1 saturated heterocycles. The second-order valence-corrected chi connectivity index (χ2v) is 8.30. The molecule has 0 spiro atoms. The maximum atomic E-state index is 9.50. The van der Waals surface area contributed by atoms with E-state index >= 15 is 0 Å². The number of anilines is 2. The van der Waals surface area contributed by atoms with Crippen LogP contribution in [-0.2, 0) is 4.74 Å². The standard InChI is InChI=1S/C23H28N6O3/c30-15-19-14-29(10-11-31-19)17-12-20-22(25-9-8-24-20)21(13-17)32-18-4-2-16(3-5-18)28-23-26-6-1-7-27-23/h1,6-9,12-13,16,18-19,30H,2-5,10-11,14-15H2,(H,26,27,28). The van der Waals surface area contributed by atoms with E-state index in [2.05, 4.69) is 36.2 Å². The summed E-state index contributed by atoms with van der Waals surface area (Å²) in [4.78, 5) is 19.8. The van der Waals surface area contributed by atoms with Gasteiger partial charge in [-0.2, -0.15) is 0 Å². The largest absolute Gasteiger partial charge is 0.488 e. The van der Waals surface area contributed by atoms with Gasteiger partial charge in [0.25, 0.3) is 0 Å². The van der Waals surface area contributed by atoms with E-state index in [0.717, 1.165) is 54.7 Å². The molecule has 2 aliphatic rings. The number of rotatable bonds is 6. The van der Waals surface area contributed by atoms with Crippen LogP contribution in [0.2, 0.25) is 0 Å². The van der Waals surface area contributed by atoms with Crippen LogP contribution in [0.1, 0.15) is 25.7 Å². The van der Waals surface area contributed by atoms with Gasteiger partial charge in [0.2, 0.25) is 5.95 Å². The molecule has 168 valence electrons. The molecule has 0 amide bonds. The Morgan fingerprint density at radius 3 is 2.66 bits per heavy atom. The molecule has 32 heavy (non-hydrogen) atoms. The molecule has 3 heterocycles. The average Bonchev–Trinajstić information content (AvgIpc) is 2.86. The maximum absolute atomic E-state index is 9.50. The molecule has 2 aromatic heterocycles. The average molecular weight is 437 g/mol. The molecular weight excluding hydrogens is 408 g/mol. The third-order valence-electron chi connectivity index (χ3n) is 6.10. The SMILES string of the molecule is OCC1CN(c2cc(OC3CCC(Nc4ncccn4)CC3)c3nccnc3c2)CCO1. The summed E-state index contributed by atoms with van der Waals surface area (Å²) >= 11 is 0. The molecule has 9 nitrogen and oxygen atoms in total. The Balaban J connectivity index is 1.29. The topological polar surface area (TPSA) is 106 Å². The number of aliphatic hydroxyl groups is 1. The predicted octanol–water partition coefficient (Wildman–Crippen LogP) is 2.42. The van der Waals surface area contributed by atoms with Crippen LogP contribution in [0.5, 0.6) is 5.75 Å². The fraction of sp³-hybridized carbons (Fsp3) is 0.478. The minimum Gasteiger partial charge on any atom is -0.488 e. The summed E-state index contributed by atoms with van der Waals surface area (Å²) in [5, 5.41) is 12.9. The Morgan fingerprint density at radius 2 is 1.84 bits per heavy atom. The van der Waals surface area contributed by atoms with E-state index in [1.165, 1.54) is 0 Å². The van der Waals surface area contributed by atoms with Gasteiger partial charge in [-0.1, -0.05) is 0 Å². The van der Waals surface area contributed by atoms with Crippen LogP contribution >= 0.6 is 0 Å². The van der Waals surface area contributed by atoms with E-state index < -0.39 is 0 Å². The van der Waals surface area contributed by atoms with E-state index in [0.29, 0.717) is 25.1 Å². The second kappa shape index (κ2) is 9.62. The van der Waals surface area contributed by atoms with Crippen LogP contribution in [0.25, 0.3) is 11.0 Å². The number of fused-ring (bicyclic) bond motifs is 1. The zero-order valence-corrected chi connectivity index (χ0v) is 17.9. The second-order valence-electron chi connectivity index (χ2n) is 8.30. The summed E-state index contributed by atoms with van der Waals surface area (Å²) in [5.74, 6) is 1.44. The molecule has 3 aromatic rings. The van der Waals surface area contributed by atoms with Gasteiger partial charge in [-0.15, -0.1) is 0 Å². The highest BCUT2D eigenvalue weighted by Gasteiger charge is 2.25. The lowest BCUT2D eigenvalue weighted by atomic mass is 9.93. The molecule has 5 rings (SSSR count). The molecule has 1 aromatic carbocycles. The van der Waals surface area contributed by atoms with Crippen molar-refractivity contribution in [2.75, 3.05) is 36.5 Å². The molecule has 9 heteroatoms. The summed E-state index contributed by atoms with van der Waals surface area (Å²) < 4.78 is 12.1. The highest BCUT2D eigenvalue weighted by Crippen LogP contribution is 2.33. The molecule has 0 bridgehead atoms. The number of ether oxygens (including phenoxy) is 2. The fourth-order valence-corrected chi connectivity index (χ4v) is 4.43. The number of nitrogens with zero attached hydrogens (tertiary/aromatic N) is 5. The number of aromatic nitrogens is 4. The molecule has 1 unspecified atom stereocenters. The molecule has 1 atom stereocenters. The van der Waals surface area contributed by atoms with E-state index in [9.17, 15) is 5.11 Å². The fourth-order valence-electron chi connectivity index (χ4n) is 4.43. The third kappa shape index (κ3) is 4.73. The first-order chi connectivity index (χ1) is 15.8. The molecule has 0 radical (unpaired) electrons. The third-order valence-corrected chi connectivity index (χ3v) is 6.10. The van der Waals surface area contributed by atoms with Gasteiger partial charge in [-0.25, -0.2) is 15.0 Å². The van der Waals surface area contributed by atoms with Crippen molar-refractivity contribution >= 4 is 22.7 Å². The lowest BCUT2D eigenvalue weighted by molar-refractivity contribution is 0.00356. The first-order valence-electron chi connectivity index (χ1n) is 11.2. The lowest BCUT2D eigenvalue weighted by Crippen LogP contribution is -2.44. The summed E-state index contributed by atoms with van der Waals surface area (Å²) in [6.07, 6.45) is 10.7. The number of nitrogens with one attached hydrogen (secondary N) is 1. The molecular formula is C23H28N6O3. The minimum atomic E-state index is -0.179. The van der Waals surface area contributed by atoms with Gasteiger partial charge in [0.1, 0.15) is 11.3 Å². The summed E-state index contributed by atoms with van der Waals surface area (Å²) in [5.41, 5.74) is 2.61. The monoisotopic (exact) mass is 436 g/mol. The Bertz CT molecular complexity index is 1030. The van der Waals surface area contributed by atoms with E-state index in [1.54, 1.807) is 24.8 Å². The minimum absolute atomic E-state index is 0.0124. The zero-order valence-electron chi connectivity index (χ0n) is 17.9. The van der Waals surface area contributed by atoms with Gasteiger partial charge >= 0.3 is 0 Å². The van der Waals surface area contributed by atoms with Crippen molar-refractivity contribution in [1.82, 2.24) is 19.9 Å². The maximum Gasteiger partial charge on any atom is 0.222 e. The number of aliphatic hydroxyl groups excluding tert-OH is 1. The van der Waals surface area contributed by atoms with E-state index in [4.69, 9.17) is 9.47 Å². The van der Waals surface area contributed by atoms with E-state index in [-0.39, 0.29) is 18.8 Å². The van der Waals surface area contributed by atoms with Crippen molar-refractivity contribution in [1.29, 1.82) is 0 Å². The first-order valence-corrected chi connectivity index (χ1v) is 11.2. The molecule has 1 saturated carbocycles. The van der Waals surface area contributed by atoms with Crippen LogP contribution in [0.15, 0.2) is 43.0 Å². The number of hydrogen-bond acceptors (Lipinski definition) is 9. The quantitative estimate of drug-likeness (QED) is 0.602. The Hall–Kier alpha value is -3.04. The van der Waals surface area contributed by atoms with Gasteiger partial charge in [0, 0.05) is 55.7 Å². The van der Waals surface area contributed by atoms with Crippen LogP contribution in [0.3, 0.4) is 0 Å². The molecule has 1 aliphatic heterocycles. The van der Waals surface area contributed by atoms with Crippen molar-refractivity contribution in [3.05, 3.63) is 43.0 Å². The predicted molar refractivity (Wildman–Crippen MR) is 121 cm³/mol. The van der Waals surface area contributed by atoms with Gasteiger partial charge in [-0.3, -0.25) is 4.98 Å². The normalized spacial score (nSPS) is 23.8. The summed E-state index contributed by atoms with van der Waals surface area (Å²) in [6.45, 7) is 2.00. The Labute approximate surface area is 186 Å². The highest BCUT2D eigenvalue weighted by atomic mass is 16.5. The van der Waals surface area contributed by atoms with Gasteiger partial charge in [-0.05, 0) is 37.8 Å². The first kappa shape index (κ1) is 20.8. The number of benzene rings is 1. The molecule has 1 aliphatic carbocycles. The molecule has 2 N–H and O–H groups in total. The Morgan fingerprint density at radius 1 is 1.03 bits per heavy atom. The smallest absolute Gasteiger partial charge is 0.222 e. The van der Waals surface area contributed by atoms with Crippen molar-refractivity contribution in [3.63, 3.8) is 0 Å². The van der Waals surface area contributed by atoms with Crippen LogP contribution < -0.4 is 15.0 Å². The Kier molecular flexibility index (Phi) is 6.27. The van der Waals surface area contributed by atoms with Crippen molar-refractivity contribution in [3.8, 4) is 5.75 Å². The van der Waals surface area contributed by atoms with Crippen molar-refractivity contribution in [2.45, 2.75) is 43.9 Å². The van der Waals surface area contributed by atoms with Crippen LogP contribution in [0, 0.1) is 0 Å². The van der Waals surface area contributed by atoms with Crippen molar-refractivity contribution < 1.29 is 14.6 Å². The zero-order chi connectivity index (χ0) is 21.8. The number of hydrogen-bond donors (Lipinski definition) is 2. The van der Waals surface area contributed by atoms with E-state index in [1.807, 2.05) is 12.1 Å². The van der Waals surface area contributed by atoms with Crippen LogP contribution in [-0.4, -0.2) is 69.6 Å². The van der Waals surface area contributed by atoms with Gasteiger partial charge in [0.15, 0.2) is 0 Å². The summed E-state index contributed by atoms with van der Waals surface area (Å²) in [6, 6.07) is 6.26. The highest BCUT2D eigenvalue weighted by molar-refractivity contribution is 5.85. The van der Waals surface area contributed by atoms with Crippen molar-refractivity contribution in [2.24, 2.45) is 0 Å². The summed E-state index contributed by atoms with van der Waals surface area (Å²) in [7, 11) is 0.